The highest BCUT2D eigenvalue weighted by Crippen LogP contribution is 2.21. The van der Waals surface area contributed by atoms with E-state index in [1.54, 1.807) is 0 Å². The van der Waals surface area contributed by atoms with Crippen LogP contribution in [0.25, 0.3) is 0 Å². The minimum atomic E-state index is -1.16. The van der Waals surface area contributed by atoms with Crippen LogP contribution in [0.2, 0.25) is 0 Å². The summed E-state index contributed by atoms with van der Waals surface area (Å²) in [5.41, 5.74) is 0. The summed E-state index contributed by atoms with van der Waals surface area (Å²) in [5, 5.41) is 26.9. The molecule has 0 saturated carbocycles. The Kier molecular flexibility index (Phi) is 2.72. The van der Waals surface area contributed by atoms with Gasteiger partial charge >= 0.3 is 0 Å². The number of aliphatic hydroxyl groups is 3. The number of ether oxygens (including phenoxy) is 1. The van der Waals surface area contributed by atoms with Gasteiger partial charge in [-0.15, -0.1) is 0 Å². The lowest BCUT2D eigenvalue weighted by Crippen LogP contribution is -2.43. The summed E-state index contributed by atoms with van der Waals surface area (Å²) in [6.45, 7) is -0.348. The van der Waals surface area contributed by atoms with Gasteiger partial charge in [-0.2, -0.15) is 0 Å². The first-order valence-corrected chi connectivity index (χ1v) is 3.52. The summed E-state index contributed by atoms with van der Waals surface area (Å²) in [5.74, 6) is 0. The third kappa shape index (κ3) is 1.65. The van der Waals surface area contributed by atoms with Crippen LogP contribution in [0.15, 0.2) is 11.3 Å². The lowest BCUT2D eigenvalue weighted by Gasteiger charge is -2.28. The molecular formula is C6H9ClO4. The van der Waals surface area contributed by atoms with Crippen LogP contribution < -0.4 is 0 Å². The van der Waals surface area contributed by atoms with Crippen LogP contribution in [0.3, 0.4) is 0 Å². The SMILES string of the molecule is OC[C@H]1OC=C(Cl)[C@@H](O)[C@@H]1O. The summed E-state index contributed by atoms with van der Waals surface area (Å²) in [6.07, 6.45) is -1.97. The Bertz CT molecular complexity index is 170. The molecule has 1 rings (SSSR count). The largest absolute Gasteiger partial charge is 0.491 e. The van der Waals surface area contributed by atoms with Gasteiger partial charge in [0.05, 0.1) is 11.6 Å². The molecule has 0 aliphatic carbocycles. The van der Waals surface area contributed by atoms with E-state index in [4.69, 9.17) is 31.7 Å². The predicted molar refractivity (Wildman–Crippen MR) is 37.9 cm³/mol. The van der Waals surface area contributed by atoms with E-state index in [0.29, 0.717) is 0 Å². The second-order valence-electron chi connectivity index (χ2n) is 2.30. The quantitative estimate of drug-likeness (QED) is 0.493. The molecule has 11 heavy (non-hydrogen) atoms. The molecule has 1 heterocycles. The highest BCUT2D eigenvalue weighted by Gasteiger charge is 2.32. The maximum atomic E-state index is 9.15. The van der Waals surface area contributed by atoms with Crippen molar-refractivity contribution in [1.29, 1.82) is 0 Å². The normalized spacial score (nSPS) is 37.8. The Labute approximate surface area is 68.7 Å². The molecule has 64 valence electrons. The highest BCUT2D eigenvalue weighted by molar-refractivity contribution is 6.30. The Morgan fingerprint density at radius 1 is 1.55 bits per heavy atom. The molecule has 0 amide bonds. The first-order valence-electron chi connectivity index (χ1n) is 3.15. The number of halogens is 1. The van der Waals surface area contributed by atoms with Crippen molar-refractivity contribution >= 4 is 11.6 Å². The second kappa shape index (κ2) is 3.40. The van der Waals surface area contributed by atoms with E-state index in [1.807, 2.05) is 0 Å². The maximum Gasteiger partial charge on any atom is 0.149 e. The van der Waals surface area contributed by atoms with Gasteiger partial charge in [-0.1, -0.05) is 11.6 Å². The topological polar surface area (TPSA) is 69.9 Å². The molecule has 5 heteroatoms. The average Bonchev–Trinajstić information content (AvgIpc) is 2.01. The van der Waals surface area contributed by atoms with Crippen LogP contribution in [0, 0.1) is 0 Å². The molecule has 0 radical (unpaired) electrons. The van der Waals surface area contributed by atoms with Crippen molar-refractivity contribution in [2.45, 2.75) is 18.3 Å². The molecule has 0 aromatic carbocycles. The zero-order valence-corrected chi connectivity index (χ0v) is 6.40. The first kappa shape index (κ1) is 8.80. The zero-order chi connectivity index (χ0) is 8.43. The van der Waals surface area contributed by atoms with E-state index in [1.165, 1.54) is 0 Å². The fraction of sp³-hybridized carbons (Fsp3) is 0.667. The van der Waals surface area contributed by atoms with Gasteiger partial charge in [0.25, 0.3) is 0 Å². The van der Waals surface area contributed by atoms with Crippen molar-refractivity contribution in [2.75, 3.05) is 6.61 Å². The molecule has 1 aliphatic heterocycles. The molecule has 0 aromatic heterocycles. The fourth-order valence-electron chi connectivity index (χ4n) is 0.820. The van der Waals surface area contributed by atoms with Crippen LogP contribution in [-0.4, -0.2) is 40.2 Å². The fourth-order valence-corrected chi connectivity index (χ4v) is 1.00. The minimum Gasteiger partial charge on any atom is -0.491 e. The lowest BCUT2D eigenvalue weighted by atomic mass is 10.1. The standard InChI is InChI=1S/C6H9ClO4/c7-3-2-11-4(1-8)6(10)5(3)9/h2,4-6,8-10H,1H2/t4-,5-,6-/m1/s1. The van der Waals surface area contributed by atoms with Crippen molar-refractivity contribution in [3.05, 3.63) is 11.3 Å². The minimum absolute atomic E-state index is 0.0437. The summed E-state index contributed by atoms with van der Waals surface area (Å²) in [6, 6.07) is 0. The van der Waals surface area contributed by atoms with Gasteiger partial charge < -0.3 is 20.1 Å². The average molecular weight is 181 g/mol. The van der Waals surface area contributed by atoms with Crippen LogP contribution in [0.1, 0.15) is 0 Å². The Morgan fingerprint density at radius 3 is 2.73 bits per heavy atom. The zero-order valence-electron chi connectivity index (χ0n) is 5.64. The highest BCUT2D eigenvalue weighted by atomic mass is 35.5. The molecule has 0 unspecified atom stereocenters. The Balaban J connectivity index is 2.68. The van der Waals surface area contributed by atoms with E-state index >= 15 is 0 Å². The molecule has 3 N–H and O–H groups in total. The lowest BCUT2D eigenvalue weighted by molar-refractivity contribution is -0.0830. The number of hydrogen-bond donors (Lipinski definition) is 3. The second-order valence-corrected chi connectivity index (χ2v) is 2.73. The molecule has 0 spiro atoms. The van der Waals surface area contributed by atoms with Gasteiger partial charge in [0, 0.05) is 0 Å². The summed E-state index contributed by atoms with van der Waals surface area (Å²) in [7, 11) is 0. The number of aliphatic hydroxyl groups excluding tert-OH is 3. The van der Waals surface area contributed by atoms with E-state index in [9.17, 15) is 0 Å². The summed E-state index contributed by atoms with van der Waals surface area (Å²) >= 11 is 5.43. The molecule has 0 fully saturated rings. The molecule has 4 nitrogen and oxygen atoms in total. The van der Waals surface area contributed by atoms with E-state index in [0.717, 1.165) is 6.26 Å². The predicted octanol–water partition coefficient (Wildman–Crippen LogP) is -0.821. The Morgan fingerprint density at radius 2 is 2.18 bits per heavy atom. The molecule has 0 aromatic rings. The van der Waals surface area contributed by atoms with Crippen molar-refractivity contribution in [2.24, 2.45) is 0 Å². The van der Waals surface area contributed by atoms with Gasteiger partial charge in [0.2, 0.25) is 0 Å². The molecular weight excluding hydrogens is 172 g/mol. The summed E-state index contributed by atoms with van der Waals surface area (Å²) in [4.78, 5) is 0. The van der Waals surface area contributed by atoms with E-state index in [2.05, 4.69) is 0 Å². The van der Waals surface area contributed by atoms with Crippen LogP contribution in [0.5, 0.6) is 0 Å². The molecule has 0 saturated heterocycles. The van der Waals surface area contributed by atoms with Crippen molar-refractivity contribution in [3.8, 4) is 0 Å². The maximum absolute atomic E-state index is 9.15. The number of rotatable bonds is 1. The van der Waals surface area contributed by atoms with E-state index < -0.39 is 18.3 Å². The van der Waals surface area contributed by atoms with Gasteiger partial charge in [0.15, 0.2) is 0 Å². The molecule has 1 aliphatic rings. The van der Waals surface area contributed by atoms with Crippen LogP contribution in [0.4, 0.5) is 0 Å². The van der Waals surface area contributed by atoms with Gasteiger partial charge in [-0.3, -0.25) is 0 Å². The monoisotopic (exact) mass is 180 g/mol. The van der Waals surface area contributed by atoms with Crippen molar-refractivity contribution in [3.63, 3.8) is 0 Å². The van der Waals surface area contributed by atoms with Crippen LogP contribution >= 0.6 is 11.6 Å². The van der Waals surface area contributed by atoms with Crippen molar-refractivity contribution < 1.29 is 20.1 Å². The van der Waals surface area contributed by atoms with Gasteiger partial charge in [-0.25, -0.2) is 0 Å². The summed E-state index contributed by atoms with van der Waals surface area (Å²) < 4.78 is 4.77. The van der Waals surface area contributed by atoms with Gasteiger partial charge in [0.1, 0.15) is 24.6 Å². The van der Waals surface area contributed by atoms with E-state index in [-0.39, 0.29) is 11.6 Å². The van der Waals surface area contributed by atoms with Gasteiger partial charge in [-0.05, 0) is 0 Å². The Hall–Kier alpha value is -0.290. The molecule has 0 bridgehead atoms. The smallest absolute Gasteiger partial charge is 0.149 e. The molecule has 3 atom stereocenters. The third-order valence-corrected chi connectivity index (χ3v) is 1.83. The first-order chi connectivity index (χ1) is 5.16. The number of hydrogen-bond acceptors (Lipinski definition) is 4. The third-order valence-electron chi connectivity index (χ3n) is 1.52. The van der Waals surface area contributed by atoms with Crippen molar-refractivity contribution in [1.82, 2.24) is 0 Å². The van der Waals surface area contributed by atoms with Crippen LogP contribution in [-0.2, 0) is 4.74 Å².